The van der Waals surface area contributed by atoms with Gasteiger partial charge in [0.05, 0.1) is 36.2 Å². The van der Waals surface area contributed by atoms with Crippen LogP contribution < -0.4 is 10.1 Å². The summed E-state index contributed by atoms with van der Waals surface area (Å²) < 4.78 is 37.7. The summed E-state index contributed by atoms with van der Waals surface area (Å²) in [6.07, 6.45) is 0. The van der Waals surface area contributed by atoms with Gasteiger partial charge in [0.1, 0.15) is 5.75 Å². The van der Waals surface area contributed by atoms with E-state index < -0.39 is 28.4 Å². The molecule has 0 fully saturated rings. The number of carbonyl (C=O) groups excluding carboxylic acids is 2. The summed E-state index contributed by atoms with van der Waals surface area (Å²) in [7, 11) is -1.38. The summed E-state index contributed by atoms with van der Waals surface area (Å²) in [4.78, 5) is 24.3. The van der Waals surface area contributed by atoms with E-state index in [-0.39, 0.29) is 16.5 Å². The number of nitrogens with one attached hydrogen (secondary N) is 1. The number of esters is 1. The van der Waals surface area contributed by atoms with Crippen LogP contribution in [0.15, 0.2) is 77.7 Å². The molecule has 8 nitrogen and oxygen atoms in total. The van der Waals surface area contributed by atoms with E-state index in [1.54, 1.807) is 24.3 Å². The van der Waals surface area contributed by atoms with Crippen LogP contribution in [0.1, 0.15) is 15.9 Å². The van der Waals surface area contributed by atoms with Crippen molar-refractivity contribution in [1.82, 2.24) is 4.31 Å². The molecule has 0 atom stereocenters. The van der Waals surface area contributed by atoms with E-state index in [0.29, 0.717) is 22.6 Å². The molecule has 0 saturated carbocycles. The van der Waals surface area contributed by atoms with Crippen LogP contribution in [0.3, 0.4) is 0 Å². The van der Waals surface area contributed by atoms with Crippen LogP contribution in [0.2, 0.25) is 5.02 Å². The van der Waals surface area contributed by atoms with Crippen molar-refractivity contribution in [3.05, 3.63) is 88.9 Å². The minimum Gasteiger partial charge on any atom is -0.495 e. The minimum absolute atomic E-state index is 0.0263. The first-order valence-corrected chi connectivity index (χ1v) is 11.9. The Morgan fingerprint density at radius 2 is 1.65 bits per heavy atom. The van der Waals surface area contributed by atoms with Crippen LogP contribution in [0.25, 0.3) is 0 Å². The van der Waals surface area contributed by atoms with Crippen LogP contribution in [0.5, 0.6) is 5.75 Å². The fourth-order valence-electron chi connectivity index (χ4n) is 3.14. The van der Waals surface area contributed by atoms with Crippen LogP contribution >= 0.6 is 11.6 Å². The Bertz CT molecular complexity index is 1260. The van der Waals surface area contributed by atoms with Crippen molar-refractivity contribution in [3.8, 4) is 5.75 Å². The Kier molecular flexibility index (Phi) is 8.27. The van der Waals surface area contributed by atoms with Crippen LogP contribution in [0.4, 0.5) is 5.69 Å². The summed E-state index contributed by atoms with van der Waals surface area (Å²) in [6, 6.07) is 19.1. The third kappa shape index (κ3) is 6.13. The van der Waals surface area contributed by atoms with E-state index in [1.807, 2.05) is 6.07 Å². The number of nitrogens with zero attached hydrogens (tertiary/aromatic N) is 1. The SMILES string of the molecule is COC(=O)c1ccc(NC(=O)CN(Cc2ccccc2)S(=O)(=O)c2ccc(OC)c(Cl)c2)cc1. The zero-order valence-corrected chi connectivity index (χ0v) is 20.1. The normalized spacial score (nSPS) is 11.2. The van der Waals surface area contributed by atoms with Crippen molar-refractivity contribution in [2.24, 2.45) is 0 Å². The van der Waals surface area contributed by atoms with Gasteiger partial charge in [-0.25, -0.2) is 13.2 Å². The monoisotopic (exact) mass is 502 g/mol. The molecule has 0 aromatic heterocycles. The van der Waals surface area contributed by atoms with E-state index in [0.717, 1.165) is 4.31 Å². The molecule has 0 unspecified atom stereocenters. The molecule has 0 aliphatic heterocycles. The van der Waals surface area contributed by atoms with Gasteiger partial charge in [0, 0.05) is 12.2 Å². The van der Waals surface area contributed by atoms with Crippen LogP contribution in [0, 0.1) is 0 Å². The maximum Gasteiger partial charge on any atom is 0.337 e. The molecule has 178 valence electrons. The third-order valence-electron chi connectivity index (χ3n) is 4.87. The third-order valence-corrected chi connectivity index (χ3v) is 6.96. The van der Waals surface area contributed by atoms with E-state index in [4.69, 9.17) is 16.3 Å². The van der Waals surface area contributed by atoms with Crippen molar-refractivity contribution in [3.63, 3.8) is 0 Å². The first kappa shape index (κ1) is 25.2. The molecule has 0 aliphatic carbocycles. The lowest BCUT2D eigenvalue weighted by atomic mass is 10.2. The maximum atomic E-state index is 13.4. The molecule has 1 N–H and O–H groups in total. The fourth-order valence-corrected chi connectivity index (χ4v) is 4.87. The molecule has 10 heteroatoms. The van der Waals surface area contributed by atoms with E-state index in [2.05, 4.69) is 10.1 Å². The zero-order valence-electron chi connectivity index (χ0n) is 18.5. The number of anilines is 1. The molecule has 3 rings (SSSR count). The topological polar surface area (TPSA) is 102 Å². The number of hydrogen-bond acceptors (Lipinski definition) is 6. The van der Waals surface area contributed by atoms with Gasteiger partial charge in [-0.2, -0.15) is 4.31 Å². The number of benzene rings is 3. The van der Waals surface area contributed by atoms with Crippen molar-refractivity contribution < 1.29 is 27.5 Å². The Hall–Kier alpha value is -3.40. The van der Waals surface area contributed by atoms with Gasteiger partial charge in [0.15, 0.2) is 0 Å². The summed E-state index contributed by atoms with van der Waals surface area (Å²) >= 11 is 6.14. The summed E-state index contributed by atoms with van der Waals surface area (Å²) in [5.41, 5.74) is 1.44. The van der Waals surface area contributed by atoms with Gasteiger partial charge in [-0.1, -0.05) is 41.9 Å². The Balaban J connectivity index is 1.84. The molecule has 1 amide bonds. The van der Waals surface area contributed by atoms with Gasteiger partial charge in [-0.05, 0) is 48.0 Å². The standard InChI is InChI=1S/C24H23ClN2O6S/c1-32-22-13-12-20(14-21(22)25)34(30,31)27(15-17-6-4-3-5-7-17)16-23(28)26-19-10-8-18(9-11-19)24(29)33-2/h3-14H,15-16H2,1-2H3,(H,26,28). The van der Waals surface area contributed by atoms with Gasteiger partial charge >= 0.3 is 5.97 Å². The largest absolute Gasteiger partial charge is 0.495 e. The lowest BCUT2D eigenvalue weighted by molar-refractivity contribution is -0.116. The maximum absolute atomic E-state index is 13.4. The number of hydrogen-bond donors (Lipinski definition) is 1. The highest BCUT2D eigenvalue weighted by atomic mass is 35.5. The average molecular weight is 503 g/mol. The van der Waals surface area contributed by atoms with Crippen LogP contribution in [-0.2, 0) is 26.1 Å². The van der Waals surface area contributed by atoms with Crippen molar-refractivity contribution >= 4 is 39.2 Å². The predicted molar refractivity (Wildman–Crippen MR) is 128 cm³/mol. The smallest absolute Gasteiger partial charge is 0.337 e. The lowest BCUT2D eigenvalue weighted by Gasteiger charge is -2.22. The van der Waals surface area contributed by atoms with Gasteiger partial charge in [-0.15, -0.1) is 0 Å². The first-order valence-electron chi connectivity index (χ1n) is 10.1. The first-order chi connectivity index (χ1) is 16.2. The highest BCUT2D eigenvalue weighted by Crippen LogP contribution is 2.29. The number of ether oxygens (including phenoxy) is 2. The minimum atomic E-state index is -4.08. The Morgan fingerprint density at radius 3 is 2.24 bits per heavy atom. The van der Waals surface area contributed by atoms with Crippen molar-refractivity contribution in [1.29, 1.82) is 0 Å². The summed E-state index contributed by atoms with van der Waals surface area (Å²) in [6.45, 7) is -0.471. The average Bonchev–Trinajstić information content (AvgIpc) is 2.84. The molecule has 0 spiro atoms. The second-order valence-electron chi connectivity index (χ2n) is 7.17. The predicted octanol–water partition coefficient (Wildman–Crippen LogP) is 3.96. The molecule has 0 aliphatic rings. The Labute approximate surface area is 203 Å². The number of methoxy groups -OCH3 is 2. The molecule has 0 heterocycles. The van der Waals surface area contributed by atoms with Gasteiger partial charge in [0.25, 0.3) is 0 Å². The highest BCUT2D eigenvalue weighted by molar-refractivity contribution is 7.89. The molecular weight excluding hydrogens is 480 g/mol. The molecule has 0 saturated heterocycles. The number of sulfonamides is 1. The van der Waals surface area contributed by atoms with Crippen LogP contribution in [-0.4, -0.2) is 45.4 Å². The van der Waals surface area contributed by atoms with Gasteiger partial charge in [-0.3, -0.25) is 4.79 Å². The van der Waals surface area contributed by atoms with E-state index in [1.165, 1.54) is 56.7 Å². The molecule has 34 heavy (non-hydrogen) atoms. The molecule has 3 aromatic carbocycles. The number of rotatable bonds is 9. The number of halogens is 1. The summed E-state index contributed by atoms with van der Waals surface area (Å²) in [5, 5.41) is 2.79. The fraction of sp³-hybridized carbons (Fsp3) is 0.167. The second kappa shape index (κ2) is 11.1. The number of carbonyl (C=O) groups is 2. The molecule has 0 bridgehead atoms. The van der Waals surface area contributed by atoms with Crippen molar-refractivity contribution in [2.45, 2.75) is 11.4 Å². The van der Waals surface area contributed by atoms with E-state index >= 15 is 0 Å². The van der Waals surface area contributed by atoms with Gasteiger partial charge in [0.2, 0.25) is 15.9 Å². The molecule has 3 aromatic rings. The van der Waals surface area contributed by atoms with Crippen molar-refractivity contribution in [2.75, 3.05) is 26.1 Å². The number of amides is 1. The zero-order chi connectivity index (χ0) is 24.7. The van der Waals surface area contributed by atoms with E-state index in [9.17, 15) is 18.0 Å². The second-order valence-corrected chi connectivity index (χ2v) is 9.52. The van der Waals surface area contributed by atoms with Gasteiger partial charge < -0.3 is 14.8 Å². The molecular formula is C24H23ClN2O6S. The quantitative estimate of drug-likeness (QED) is 0.444. The summed E-state index contributed by atoms with van der Waals surface area (Å²) in [5.74, 6) is -0.718. The highest BCUT2D eigenvalue weighted by Gasteiger charge is 2.28. The Morgan fingerprint density at radius 1 is 0.971 bits per heavy atom. The lowest BCUT2D eigenvalue weighted by Crippen LogP contribution is -2.37. The molecule has 0 radical (unpaired) electrons.